The maximum absolute atomic E-state index is 12.9. The van der Waals surface area contributed by atoms with Crippen LogP contribution in [-0.4, -0.2) is 26.3 Å². The Morgan fingerprint density at radius 1 is 1.29 bits per heavy atom. The highest BCUT2D eigenvalue weighted by Gasteiger charge is 2.45. The number of hydrogen-bond donors (Lipinski definition) is 1. The Kier molecular flexibility index (Phi) is 4.32. The summed E-state index contributed by atoms with van der Waals surface area (Å²) in [6.45, 7) is 0. The van der Waals surface area contributed by atoms with Gasteiger partial charge in [-0.2, -0.15) is 5.26 Å². The molecule has 0 amide bonds. The molecule has 2 N–H and O–H groups in total. The number of allylic oxidation sites excluding steroid dienone is 3. The van der Waals surface area contributed by atoms with Crippen molar-refractivity contribution in [3.63, 3.8) is 0 Å². The smallest absolute Gasteiger partial charge is 0.177 e. The molecule has 0 spiro atoms. The highest BCUT2D eigenvalue weighted by atomic mass is 32.2. The lowest BCUT2D eigenvalue weighted by molar-refractivity contribution is 0.415. The molecule has 0 fully saturated rings. The summed E-state index contributed by atoms with van der Waals surface area (Å²) in [7, 11) is -1.95. The highest BCUT2D eigenvalue weighted by Crippen LogP contribution is 2.48. The third-order valence-electron chi connectivity index (χ3n) is 5.03. The average molecular weight is 394 g/mol. The number of nitriles is 1. The standard InChI is InChI=1S/C20H18N4O3S/c1-27-15-6-4-14(5-7-15)24-17-8-10-28(25,26)19(17)18(16(11-21)20(24)22)13-3-2-9-23-12-13/h2-7,9,12,18H,8,10,22H2,1H3/t18-/m1/s1. The van der Waals surface area contributed by atoms with E-state index < -0.39 is 15.8 Å². The monoisotopic (exact) mass is 394 g/mol. The number of methoxy groups -OCH3 is 1. The first-order valence-electron chi connectivity index (χ1n) is 8.67. The largest absolute Gasteiger partial charge is 0.497 e. The summed E-state index contributed by atoms with van der Waals surface area (Å²) in [5.74, 6) is 0.158. The number of rotatable bonds is 3. The Balaban J connectivity index is 1.96. The van der Waals surface area contributed by atoms with Gasteiger partial charge in [0.2, 0.25) is 0 Å². The predicted octanol–water partition coefficient (Wildman–Crippen LogP) is 2.42. The van der Waals surface area contributed by atoms with Crippen molar-refractivity contribution in [3.05, 3.63) is 76.4 Å². The third-order valence-corrected chi connectivity index (χ3v) is 6.92. The van der Waals surface area contributed by atoms with Gasteiger partial charge in [0, 0.05) is 30.2 Å². The van der Waals surface area contributed by atoms with E-state index in [2.05, 4.69) is 11.1 Å². The number of anilines is 1. The lowest BCUT2D eigenvalue weighted by Crippen LogP contribution is -2.34. The predicted molar refractivity (Wildman–Crippen MR) is 105 cm³/mol. The Hall–Kier alpha value is -3.31. The number of ether oxygens (including phenoxy) is 1. The minimum atomic E-state index is -3.52. The first kappa shape index (κ1) is 18.1. The van der Waals surface area contributed by atoms with Crippen LogP contribution in [0.1, 0.15) is 17.9 Å². The molecule has 8 heteroatoms. The van der Waals surface area contributed by atoms with Crippen LogP contribution >= 0.6 is 0 Å². The van der Waals surface area contributed by atoms with Crippen molar-refractivity contribution in [2.45, 2.75) is 12.3 Å². The number of aromatic nitrogens is 1. The van der Waals surface area contributed by atoms with Crippen molar-refractivity contribution in [1.29, 1.82) is 5.26 Å². The van der Waals surface area contributed by atoms with Gasteiger partial charge in [0.1, 0.15) is 11.6 Å². The van der Waals surface area contributed by atoms with Crippen molar-refractivity contribution < 1.29 is 13.2 Å². The van der Waals surface area contributed by atoms with Crippen LogP contribution < -0.4 is 15.4 Å². The molecular weight excluding hydrogens is 376 g/mol. The Morgan fingerprint density at radius 3 is 2.64 bits per heavy atom. The van der Waals surface area contributed by atoms with E-state index in [1.54, 1.807) is 60.8 Å². The van der Waals surface area contributed by atoms with Crippen molar-refractivity contribution >= 4 is 15.5 Å². The molecule has 3 heterocycles. The molecule has 1 atom stereocenters. The van der Waals surface area contributed by atoms with E-state index in [0.29, 0.717) is 29.1 Å². The first-order valence-corrected chi connectivity index (χ1v) is 10.3. The number of benzene rings is 1. The number of nitrogens with two attached hydrogens (primary N) is 1. The molecule has 0 aliphatic carbocycles. The molecule has 0 radical (unpaired) electrons. The van der Waals surface area contributed by atoms with Gasteiger partial charge in [-0.05, 0) is 35.9 Å². The van der Waals surface area contributed by atoms with Gasteiger partial charge in [-0.25, -0.2) is 8.42 Å². The SMILES string of the molecule is COc1ccc(N2C(N)=C(C#N)[C@@H](c3cccnc3)C3=C2CCS3(=O)=O)cc1. The van der Waals surface area contributed by atoms with E-state index in [-0.39, 0.29) is 22.1 Å². The molecule has 2 aliphatic rings. The van der Waals surface area contributed by atoms with E-state index in [1.165, 1.54) is 0 Å². The minimum absolute atomic E-state index is 0.00687. The maximum Gasteiger partial charge on any atom is 0.177 e. The fourth-order valence-corrected chi connectivity index (χ4v) is 5.62. The van der Waals surface area contributed by atoms with Crippen LogP contribution in [0.4, 0.5) is 5.69 Å². The zero-order valence-corrected chi connectivity index (χ0v) is 16.0. The van der Waals surface area contributed by atoms with Crippen molar-refractivity contribution in [3.8, 4) is 11.8 Å². The summed E-state index contributed by atoms with van der Waals surface area (Å²) in [5.41, 5.74) is 8.53. The van der Waals surface area contributed by atoms with Crippen LogP contribution in [0.15, 0.2) is 70.8 Å². The van der Waals surface area contributed by atoms with E-state index in [4.69, 9.17) is 10.5 Å². The Labute approximate surface area is 163 Å². The number of nitrogens with zero attached hydrogens (tertiary/aromatic N) is 3. The van der Waals surface area contributed by atoms with Gasteiger partial charge in [-0.1, -0.05) is 6.07 Å². The van der Waals surface area contributed by atoms with E-state index >= 15 is 0 Å². The molecule has 2 aliphatic heterocycles. The molecule has 28 heavy (non-hydrogen) atoms. The normalized spacial score (nSPS) is 20.7. The van der Waals surface area contributed by atoms with E-state index in [0.717, 1.165) is 0 Å². The zero-order valence-electron chi connectivity index (χ0n) is 15.2. The van der Waals surface area contributed by atoms with Crippen molar-refractivity contribution in [1.82, 2.24) is 4.98 Å². The van der Waals surface area contributed by atoms with Gasteiger partial charge < -0.3 is 10.5 Å². The molecule has 1 aromatic carbocycles. The van der Waals surface area contributed by atoms with Crippen LogP contribution in [-0.2, 0) is 9.84 Å². The third kappa shape index (κ3) is 2.72. The van der Waals surface area contributed by atoms with Crippen LogP contribution in [0.2, 0.25) is 0 Å². The quantitative estimate of drug-likeness (QED) is 0.851. The fraction of sp³-hybridized carbons (Fsp3) is 0.200. The molecule has 0 unspecified atom stereocenters. The second-order valence-corrected chi connectivity index (χ2v) is 8.62. The Morgan fingerprint density at radius 2 is 2.04 bits per heavy atom. The van der Waals surface area contributed by atoms with Crippen LogP contribution in [0.3, 0.4) is 0 Å². The summed E-state index contributed by atoms with van der Waals surface area (Å²) in [6, 6.07) is 12.7. The topological polar surface area (TPSA) is 109 Å². The molecule has 0 bridgehead atoms. The molecule has 2 aromatic rings. The van der Waals surface area contributed by atoms with Crippen LogP contribution in [0.5, 0.6) is 5.75 Å². The summed E-state index contributed by atoms with van der Waals surface area (Å²) in [4.78, 5) is 6.00. The van der Waals surface area contributed by atoms with Crippen molar-refractivity contribution in [2.75, 3.05) is 17.8 Å². The molecule has 7 nitrogen and oxygen atoms in total. The van der Waals surface area contributed by atoms with Crippen molar-refractivity contribution in [2.24, 2.45) is 5.73 Å². The zero-order chi connectivity index (χ0) is 19.9. The van der Waals surface area contributed by atoms with E-state index in [1.807, 2.05) is 0 Å². The molecular formula is C20H18N4O3S. The summed E-state index contributed by atoms with van der Waals surface area (Å²) in [6.07, 6.45) is 3.52. The van der Waals surface area contributed by atoms with Crippen LogP contribution in [0.25, 0.3) is 0 Å². The van der Waals surface area contributed by atoms with Crippen LogP contribution in [0, 0.1) is 11.3 Å². The van der Waals surface area contributed by atoms with Gasteiger partial charge >= 0.3 is 0 Å². The second-order valence-electron chi connectivity index (χ2n) is 6.54. The lowest BCUT2D eigenvalue weighted by Gasteiger charge is -2.35. The van der Waals surface area contributed by atoms with Gasteiger partial charge in [-0.3, -0.25) is 9.88 Å². The highest BCUT2D eigenvalue weighted by molar-refractivity contribution is 7.95. The number of pyridine rings is 1. The number of hydrogen-bond acceptors (Lipinski definition) is 7. The Bertz CT molecular complexity index is 1130. The fourth-order valence-electron chi connectivity index (χ4n) is 3.77. The van der Waals surface area contributed by atoms with Gasteiger partial charge in [0.25, 0.3) is 0 Å². The van der Waals surface area contributed by atoms with Gasteiger partial charge in [0.15, 0.2) is 9.84 Å². The average Bonchev–Trinajstić information content (AvgIpc) is 3.02. The van der Waals surface area contributed by atoms with Gasteiger partial charge in [0.05, 0.1) is 35.3 Å². The van der Waals surface area contributed by atoms with E-state index in [9.17, 15) is 13.7 Å². The summed E-state index contributed by atoms with van der Waals surface area (Å²) in [5, 5.41) is 9.86. The maximum atomic E-state index is 12.9. The summed E-state index contributed by atoms with van der Waals surface area (Å²) >= 11 is 0. The lowest BCUT2D eigenvalue weighted by atomic mass is 9.88. The molecule has 0 saturated carbocycles. The molecule has 0 saturated heterocycles. The second kappa shape index (κ2) is 6.69. The molecule has 4 rings (SSSR count). The number of sulfone groups is 1. The first-order chi connectivity index (χ1) is 13.5. The van der Waals surface area contributed by atoms with Gasteiger partial charge in [-0.15, -0.1) is 0 Å². The molecule has 1 aromatic heterocycles. The summed E-state index contributed by atoms with van der Waals surface area (Å²) < 4.78 is 31.0. The minimum Gasteiger partial charge on any atom is -0.497 e. The molecule has 142 valence electrons.